The SMILES string of the molecule is CCOc1cccc(NC(c2cccs2)c2cccs2)c1. The molecular weight excluding hydrogens is 298 g/mol. The van der Waals surface area contributed by atoms with E-state index in [9.17, 15) is 0 Å². The summed E-state index contributed by atoms with van der Waals surface area (Å²) >= 11 is 3.55. The van der Waals surface area contributed by atoms with Crippen LogP contribution >= 0.6 is 22.7 Å². The largest absolute Gasteiger partial charge is 0.494 e. The number of rotatable bonds is 6. The lowest BCUT2D eigenvalue weighted by atomic mass is 10.2. The fourth-order valence-electron chi connectivity index (χ4n) is 2.20. The Morgan fingerprint density at radius 3 is 2.29 bits per heavy atom. The predicted octanol–water partition coefficient (Wildman–Crippen LogP) is 5.41. The molecule has 1 N–H and O–H groups in total. The molecular formula is C17H17NOS2. The monoisotopic (exact) mass is 315 g/mol. The molecule has 0 fully saturated rings. The zero-order chi connectivity index (χ0) is 14.5. The molecule has 0 unspecified atom stereocenters. The van der Waals surface area contributed by atoms with Crippen molar-refractivity contribution in [2.75, 3.05) is 11.9 Å². The Bertz CT molecular complexity index is 628. The molecule has 1 aromatic carbocycles. The van der Waals surface area contributed by atoms with Gasteiger partial charge in [-0.25, -0.2) is 0 Å². The van der Waals surface area contributed by atoms with Gasteiger partial charge in [-0.1, -0.05) is 18.2 Å². The molecule has 0 radical (unpaired) electrons. The zero-order valence-corrected chi connectivity index (χ0v) is 13.4. The first-order valence-corrected chi connectivity index (χ1v) is 8.69. The first-order valence-electron chi connectivity index (χ1n) is 6.93. The number of hydrogen-bond donors (Lipinski definition) is 1. The minimum atomic E-state index is 0.196. The Morgan fingerprint density at radius 2 is 1.71 bits per heavy atom. The van der Waals surface area contributed by atoms with E-state index in [1.165, 1.54) is 9.75 Å². The average molecular weight is 315 g/mol. The Kier molecular flexibility index (Phi) is 4.58. The van der Waals surface area contributed by atoms with Gasteiger partial charge in [0.15, 0.2) is 0 Å². The zero-order valence-electron chi connectivity index (χ0n) is 11.8. The number of thiophene rings is 2. The van der Waals surface area contributed by atoms with Crippen LogP contribution in [-0.4, -0.2) is 6.61 Å². The van der Waals surface area contributed by atoms with E-state index in [1.54, 1.807) is 22.7 Å². The van der Waals surface area contributed by atoms with Crippen LogP contribution in [-0.2, 0) is 0 Å². The minimum Gasteiger partial charge on any atom is -0.494 e. The molecule has 0 bridgehead atoms. The van der Waals surface area contributed by atoms with Gasteiger partial charge in [-0.2, -0.15) is 0 Å². The van der Waals surface area contributed by atoms with Gasteiger partial charge in [0.1, 0.15) is 5.75 Å². The van der Waals surface area contributed by atoms with Crippen LogP contribution in [0.5, 0.6) is 5.75 Å². The van der Waals surface area contributed by atoms with Crippen LogP contribution in [0.25, 0.3) is 0 Å². The summed E-state index contributed by atoms with van der Waals surface area (Å²) in [4.78, 5) is 2.64. The molecule has 0 aliphatic heterocycles. The van der Waals surface area contributed by atoms with Gasteiger partial charge in [-0.3, -0.25) is 0 Å². The molecule has 3 rings (SSSR count). The molecule has 108 valence electrons. The van der Waals surface area contributed by atoms with Crippen LogP contribution < -0.4 is 10.1 Å². The molecule has 4 heteroatoms. The molecule has 0 aliphatic carbocycles. The van der Waals surface area contributed by atoms with E-state index in [1.807, 2.05) is 19.1 Å². The van der Waals surface area contributed by atoms with Gasteiger partial charge in [-0.05, 0) is 41.9 Å². The van der Waals surface area contributed by atoms with E-state index >= 15 is 0 Å². The fourth-order valence-corrected chi connectivity index (χ4v) is 3.86. The van der Waals surface area contributed by atoms with E-state index in [0.29, 0.717) is 6.61 Å². The summed E-state index contributed by atoms with van der Waals surface area (Å²) in [5.74, 6) is 0.901. The van der Waals surface area contributed by atoms with Gasteiger partial charge in [0.05, 0.1) is 12.6 Å². The molecule has 21 heavy (non-hydrogen) atoms. The summed E-state index contributed by atoms with van der Waals surface area (Å²) in [5.41, 5.74) is 1.08. The molecule has 0 spiro atoms. The van der Waals surface area contributed by atoms with Crippen LogP contribution in [0.4, 0.5) is 5.69 Å². The molecule has 2 nitrogen and oxygen atoms in total. The molecule has 2 aromatic heterocycles. The summed E-state index contributed by atoms with van der Waals surface area (Å²) in [6.07, 6.45) is 0. The number of ether oxygens (including phenoxy) is 1. The van der Waals surface area contributed by atoms with Crippen molar-refractivity contribution in [3.8, 4) is 5.75 Å². The van der Waals surface area contributed by atoms with Crippen molar-refractivity contribution in [1.29, 1.82) is 0 Å². The topological polar surface area (TPSA) is 21.3 Å². The van der Waals surface area contributed by atoms with Crippen LogP contribution in [0.1, 0.15) is 22.7 Å². The molecule has 2 heterocycles. The Morgan fingerprint density at radius 1 is 1.00 bits per heavy atom. The van der Waals surface area contributed by atoms with Crippen molar-refractivity contribution in [3.05, 3.63) is 69.0 Å². The van der Waals surface area contributed by atoms with Crippen molar-refractivity contribution >= 4 is 28.4 Å². The summed E-state index contributed by atoms with van der Waals surface area (Å²) in [6, 6.07) is 16.9. The summed E-state index contributed by atoms with van der Waals surface area (Å²) < 4.78 is 5.57. The summed E-state index contributed by atoms with van der Waals surface area (Å²) in [5, 5.41) is 7.86. The smallest absolute Gasteiger partial charge is 0.121 e. The van der Waals surface area contributed by atoms with Crippen LogP contribution in [0.3, 0.4) is 0 Å². The Hall–Kier alpha value is -1.78. The minimum absolute atomic E-state index is 0.196. The highest BCUT2D eigenvalue weighted by Gasteiger charge is 2.16. The number of benzene rings is 1. The van der Waals surface area contributed by atoms with Crippen molar-refractivity contribution in [1.82, 2.24) is 0 Å². The quantitative estimate of drug-likeness (QED) is 0.656. The first-order chi connectivity index (χ1) is 10.4. The maximum atomic E-state index is 5.57. The van der Waals surface area contributed by atoms with E-state index in [4.69, 9.17) is 4.74 Å². The fraction of sp³-hybridized carbons (Fsp3) is 0.176. The third kappa shape index (κ3) is 3.46. The maximum Gasteiger partial charge on any atom is 0.121 e. The van der Waals surface area contributed by atoms with E-state index in [2.05, 4.69) is 52.5 Å². The van der Waals surface area contributed by atoms with Crippen molar-refractivity contribution in [3.63, 3.8) is 0 Å². The second kappa shape index (κ2) is 6.78. The second-order valence-corrected chi connectivity index (χ2v) is 6.53. The van der Waals surface area contributed by atoms with Gasteiger partial charge in [0, 0.05) is 21.5 Å². The Labute approximate surface area is 133 Å². The average Bonchev–Trinajstić information content (AvgIpc) is 3.19. The lowest BCUT2D eigenvalue weighted by Gasteiger charge is -2.18. The van der Waals surface area contributed by atoms with Gasteiger partial charge in [-0.15, -0.1) is 22.7 Å². The molecule has 0 saturated heterocycles. The highest BCUT2D eigenvalue weighted by molar-refractivity contribution is 7.11. The molecule has 0 amide bonds. The van der Waals surface area contributed by atoms with E-state index in [0.717, 1.165) is 11.4 Å². The highest BCUT2D eigenvalue weighted by atomic mass is 32.1. The maximum absolute atomic E-state index is 5.57. The van der Waals surface area contributed by atoms with Gasteiger partial charge in [0.25, 0.3) is 0 Å². The van der Waals surface area contributed by atoms with Crippen LogP contribution in [0, 0.1) is 0 Å². The van der Waals surface area contributed by atoms with Gasteiger partial charge < -0.3 is 10.1 Å². The normalized spacial score (nSPS) is 10.8. The number of nitrogens with one attached hydrogen (secondary N) is 1. The third-order valence-electron chi connectivity index (χ3n) is 3.11. The van der Waals surface area contributed by atoms with Crippen molar-refractivity contribution in [2.45, 2.75) is 13.0 Å². The molecule has 0 atom stereocenters. The van der Waals surface area contributed by atoms with E-state index < -0.39 is 0 Å². The highest BCUT2D eigenvalue weighted by Crippen LogP contribution is 2.33. The molecule has 3 aromatic rings. The standard InChI is InChI=1S/C17H17NOS2/c1-2-19-14-7-3-6-13(12-14)18-17(15-8-4-10-20-15)16-9-5-11-21-16/h3-12,17-18H,2H2,1H3. The molecule has 0 aliphatic rings. The lowest BCUT2D eigenvalue weighted by Crippen LogP contribution is -2.09. The van der Waals surface area contributed by atoms with Crippen LogP contribution in [0.2, 0.25) is 0 Å². The second-order valence-electron chi connectivity index (χ2n) is 4.57. The summed E-state index contributed by atoms with van der Waals surface area (Å²) in [7, 11) is 0. The summed E-state index contributed by atoms with van der Waals surface area (Å²) in [6.45, 7) is 2.68. The lowest BCUT2D eigenvalue weighted by molar-refractivity contribution is 0.340. The van der Waals surface area contributed by atoms with Gasteiger partial charge >= 0.3 is 0 Å². The van der Waals surface area contributed by atoms with Crippen molar-refractivity contribution < 1.29 is 4.74 Å². The van der Waals surface area contributed by atoms with Crippen LogP contribution in [0.15, 0.2) is 59.3 Å². The number of hydrogen-bond acceptors (Lipinski definition) is 4. The Balaban J connectivity index is 1.87. The van der Waals surface area contributed by atoms with Gasteiger partial charge in [0.2, 0.25) is 0 Å². The van der Waals surface area contributed by atoms with E-state index in [-0.39, 0.29) is 6.04 Å². The van der Waals surface area contributed by atoms with Crippen molar-refractivity contribution in [2.24, 2.45) is 0 Å². The first kappa shape index (κ1) is 14.2. The molecule has 0 saturated carbocycles. The number of anilines is 1. The third-order valence-corrected chi connectivity index (χ3v) is 4.99. The predicted molar refractivity (Wildman–Crippen MR) is 91.7 cm³/mol.